The third kappa shape index (κ3) is 5.91. The van der Waals surface area contributed by atoms with E-state index in [1.54, 1.807) is 18.2 Å². The largest absolute Gasteiger partial charge is 0.431 e. The second-order valence-corrected chi connectivity index (χ2v) is 4.47. The number of benzene rings is 1. The number of carbonyl (C=O) groups excluding carboxylic acids is 1. The summed E-state index contributed by atoms with van der Waals surface area (Å²) in [6, 6.07) is 7.99. The summed E-state index contributed by atoms with van der Waals surface area (Å²) < 4.78 is 38.6. The van der Waals surface area contributed by atoms with Gasteiger partial charge in [0.2, 0.25) is 0 Å². The van der Waals surface area contributed by atoms with Gasteiger partial charge in [-0.2, -0.15) is 13.2 Å². The summed E-state index contributed by atoms with van der Waals surface area (Å²) in [6.07, 6.45) is -1.40. The van der Waals surface area contributed by atoms with Crippen LogP contribution in [0, 0.1) is 0 Å². The van der Waals surface area contributed by atoms with Gasteiger partial charge in [-0.3, -0.25) is 4.79 Å². The second-order valence-electron chi connectivity index (χ2n) is 4.47. The maximum atomic E-state index is 12.9. The lowest BCUT2D eigenvalue weighted by Gasteiger charge is -2.14. The van der Waals surface area contributed by atoms with Gasteiger partial charge in [-0.05, 0) is 18.6 Å². The van der Waals surface area contributed by atoms with Crippen LogP contribution in [0.5, 0.6) is 0 Å². The van der Waals surface area contributed by atoms with Crippen molar-refractivity contribution in [3.63, 3.8) is 0 Å². The van der Waals surface area contributed by atoms with Crippen molar-refractivity contribution in [2.24, 2.45) is 0 Å². The zero-order chi connectivity index (χ0) is 15.0. The smallest absolute Gasteiger partial charge is 0.351 e. The zero-order valence-corrected chi connectivity index (χ0v) is 11.3. The lowest BCUT2D eigenvalue weighted by molar-refractivity contribution is -0.116. The molecule has 1 N–H and O–H groups in total. The summed E-state index contributed by atoms with van der Waals surface area (Å²) >= 11 is 0. The quantitative estimate of drug-likeness (QED) is 0.581. The van der Waals surface area contributed by atoms with E-state index in [9.17, 15) is 18.0 Å². The van der Waals surface area contributed by atoms with Gasteiger partial charge >= 0.3 is 6.18 Å². The number of alkyl halides is 3. The van der Waals surface area contributed by atoms with Gasteiger partial charge < -0.3 is 5.32 Å². The Kier molecular flexibility index (Phi) is 6.28. The molecule has 0 spiro atoms. The molecule has 0 saturated carbocycles. The number of carbonyl (C=O) groups is 1. The Bertz CT molecular complexity index is 452. The summed E-state index contributed by atoms with van der Waals surface area (Å²) in [5, 5.41) is 2.26. The van der Waals surface area contributed by atoms with Gasteiger partial charge in [0.15, 0.2) is 5.78 Å². The third-order valence-corrected chi connectivity index (χ3v) is 2.69. The summed E-state index contributed by atoms with van der Waals surface area (Å²) in [6.45, 7) is 1.97. The Balaban J connectivity index is 2.77. The van der Waals surface area contributed by atoms with Crippen LogP contribution in [-0.4, -0.2) is 12.0 Å². The van der Waals surface area contributed by atoms with Crippen molar-refractivity contribution in [2.45, 2.75) is 38.8 Å². The maximum absolute atomic E-state index is 12.9. The molecule has 0 amide bonds. The van der Waals surface area contributed by atoms with E-state index in [1.165, 1.54) is 12.1 Å². The molecular weight excluding hydrogens is 267 g/mol. The molecular formula is C15H18F3NO. The number of rotatable bonds is 7. The fraction of sp³-hybridized carbons (Fsp3) is 0.400. The minimum Gasteiger partial charge on any atom is -0.351 e. The highest BCUT2D eigenvalue weighted by Crippen LogP contribution is 2.27. The molecule has 0 saturated heterocycles. The van der Waals surface area contributed by atoms with Crippen molar-refractivity contribution in [3.05, 3.63) is 42.1 Å². The highest BCUT2D eigenvalue weighted by Gasteiger charge is 2.34. The van der Waals surface area contributed by atoms with E-state index in [2.05, 4.69) is 5.32 Å². The fourth-order valence-corrected chi connectivity index (χ4v) is 1.65. The van der Waals surface area contributed by atoms with Crippen LogP contribution < -0.4 is 5.32 Å². The average molecular weight is 285 g/mol. The van der Waals surface area contributed by atoms with Gasteiger partial charge in [0.1, 0.15) is 5.70 Å². The van der Waals surface area contributed by atoms with Crippen molar-refractivity contribution >= 4 is 11.5 Å². The number of anilines is 1. The Morgan fingerprint density at radius 2 is 1.85 bits per heavy atom. The third-order valence-electron chi connectivity index (χ3n) is 2.69. The number of allylic oxidation sites excluding steroid dienone is 2. The molecule has 2 nitrogen and oxygen atoms in total. The molecule has 0 aliphatic carbocycles. The van der Waals surface area contributed by atoms with E-state index >= 15 is 0 Å². The van der Waals surface area contributed by atoms with Crippen LogP contribution in [0.25, 0.3) is 0 Å². The van der Waals surface area contributed by atoms with Gasteiger partial charge in [-0.25, -0.2) is 0 Å². The Morgan fingerprint density at radius 3 is 2.40 bits per heavy atom. The molecule has 0 aliphatic rings. The monoisotopic (exact) mass is 285 g/mol. The molecule has 0 unspecified atom stereocenters. The van der Waals surface area contributed by atoms with Crippen LogP contribution in [0.2, 0.25) is 0 Å². The molecule has 1 rings (SSSR count). The van der Waals surface area contributed by atoms with Crippen LogP contribution in [0.1, 0.15) is 32.6 Å². The molecule has 0 aliphatic heterocycles. The Hall–Kier alpha value is -1.78. The molecule has 0 bridgehead atoms. The summed E-state index contributed by atoms with van der Waals surface area (Å²) in [4.78, 5) is 11.5. The minimum atomic E-state index is -4.57. The van der Waals surface area contributed by atoms with Crippen molar-refractivity contribution in [2.75, 3.05) is 5.32 Å². The molecule has 0 radical (unpaired) electrons. The Labute approximate surface area is 116 Å². The lowest BCUT2D eigenvalue weighted by Crippen LogP contribution is -2.20. The van der Waals surface area contributed by atoms with Gasteiger partial charge in [0.25, 0.3) is 0 Å². The Morgan fingerprint density at radius 1 is 1.20 bits per heavy atom. The predicted octanol–water partition coefficient (Wildman–Crippen LogP) is 4.69. The van der Waals surface area contributed by atoms with E-state index in [-0.39, 0.29) is 6.42 Å². The highest BCUT2D eigenvalue weighted by molar-refractivity contribution is 5.91. The predicted molar refractivity (Wildman–Crippen MR) is 73.4 cm³/mol. The van der Waals surface area contributed by atoms with Gasteiger partial charge in [0.05, 0.1) is 0 Å². The average Bonchev–Trinajstić information content (AvgIpc) is 2.38. The van der Waals surface area contributed by atoms with Crippen molar-refractivity contribution in [1.82, 2.24) is 0 Å². The molecule has 5 heteroatoms. The number of nitrogens with one attached hydrogen (secondary N) is 1. The van der Waals surface area contributed by atoms with E-state index in [1.807, 2.05) is 6.92 Å². The number of hydrogen-bond acceptors (Lipinski definition) is 2. The lowest BCUT2D eigenvalue weighted by atomic mass is 10.1. The zero-order valence-electron chi connectivity index (χ0n) is 11.3. The molecule has 0 fully saturated rings. The molecule has 0 heterocycles. The van der Waals surface area contributed by atoms with Crippen LogP contribution in [-0.2, 0) is 4.79 Å². The molecule has 110 valence electrons. The first kappa shape index (κ1) is 16.3. The van der Waals surface area contributed by atoms with Crippen molar-refractivity contribution in [1.29, 1.82) is 0 Å². The van der Waals surface area contributed by atoms with E-state index in [0.29, 0.717) is 18.2 Å². The second kappa shape index (κ2) is 7.72. The van der Waals surface area contributed by atoms with Crippen LogP contribution in [0.3, 0.4) is 0 Å². The number of ketones is 1. The van der Waals surface area contributed by atoms with Gasteiger partial charge in [-0.1, -0.05) is 38.0 Å². The molecule has 0 aromatic heterocycles. The van der Waals surface area contributed by atoms with Gasteiger partial charge in [0, 0.05) is 18.2 Å². The number of para-hydroxylation sites is 1. The van der Waals surface area contributed by atoms with Crippen LogP contribution in [0.15, 0.2) is 42.1 Å². The first-order valence-corrected chi connectivity index (χ1v) is 6.57. The van der Waals surface area contributed by atoms with Crippen LogP contribution >= 0.6 is 0 Å². The highest BCUT2D eigenvalue weighted by atomic mass is 19.4. The van der Waals surface area contributed by atoms with Gasteiger partial charge in [-0.15, -0.1) is 0 Å². The van der Waals surface area contributed by atoms with E-state index < -0.39 is 17.7 Å². The molecule has 1 aromatic carbocycles. The molecule has 1 aromatic rings. The summed E-state index contributed by atoms with van der Waals surface area (Å²) in [7, 11) is 0. The summed E-state index contributed by atoms with van der Waals surface area (Å²) in [5.74, 6) is -0.505. The maximum Gasteiger partial charge on any atom is 0.431 e. The first-order valence-electron chi connectivity index (χ1n) is 6.57. The fourth-order valence-electron chi connectivity index (χ4n) is 1.65. The van der Waals surface area contributed by atoms with E-state index in [0.717, 1.165) is 12.8 Å². The number of unbranched alkanes of at least 4 members (excludes halogenated alkanes) is 2. The topological polar surface area (TPSA) is 29.1 Å². The van der Waals surface area contributed by atoms with Crippen molar-refractivity contribution in [3.8, 4) is 0 Å². The normalized spacial score (nSPS) is 12.3. The SMILES string of the molecule is CCCCCC(=O)/C=C(/Nc1ccccc1)C(F)(F)F. The first-order chi connectivity index (χ1) is 9.43. The van der Waals surface area contributed by atoms with E-state index in [4.69, 9.17) is 0 Å². The summed E-state index contributed by atoms with van der Waals surface area (Å²) in [5.41, 5.74) is -0.720. The van der Waals surface area contributed by atoms with Crippen molar-refractivity contribution < 1.29 is 18.0 Å². The minimum absolute atomic E-state index is 0.143. The standard InChI is InChI=1S/C15H18F3NO/c1-2-3-5-10-13(20)11-14(15(16,17)18)19-12-8-6-4-7-9-12/h4,6-9,11,19H,2-3,5,10H2,1H3/b14-11+. The number of hydrogen-bond donors (Lipinski definition) is 1. The molecule has 0 atom stereocenters. The number of halogens is 3. The molecule has 20 heavy (non-hydrogen) atoms. The van der Waals surface area contributed by atoms with Crippen LogP contribution in [0.4, 0.5) is 18.9 Å².